The van der Waals surface area contributed by atoms with Crippen molar-refractivity contribution in [2.45, 2.75) is 32.0 Å². The van der Waals surface area contributed by atoms with Crippen LogP contribution in [0.2, 0.25) is 0 Å². The lowest BCUT2D eigenvalue weighted by molar-refractivity contribution is -0.156. The molecule has 19 heavy (non-hydrogen) atoms. The lowest BCUT2D eigenvalue weighted by Gasteiger charge is -2.27. The minimum Gasteiger partial charge on any atom is -0.464 e. The highest BCUT2D eigenvalue weighted by Crippen LogP contribution is 2.38. The zero-order valence-corrected chi connectivity index (χ0v) is 10.8. The fourth-order valence-electron chi connectivity index (χ4n) is 2.38. The van der Waals surface area contributed by atoms with Gasteiger partial charge in [-0.15, -0.1) is 0 Å². The van der Waals surface area contributed by atoms with E-state index in [9.17, 15) is 13.2 Å². The van der Waals surface area contributed by atoms with Crippen LogP contribution < -0.4 is 5.32 Å². The van der Waals surface area contributed by atoms with Crippen LogP contribution in [0.5, 0.6) is 0 Å². The second-order valence-corrected chi connectivity index (χ2v) is 4.58. The van der Waals surface area contributed by atoms with E-state index >= 15 is 0 Å². The molecule has 0 bridgehead atoms. The number of furan rings is 1. The van der Waals surface area contributed by atoms with Gasteiger partial charge in [-0.2, -0.15) is 13.2 Å². The summed E-state index contributed by atoms with van der Waals surface area (Å²) in [6, 6.07) is 5.61. The first-order chi connectivity index (χ1) is 8.93. The lowest BCUT2D eigenvalue weighted by Crippen LogP contribution is -2.39. The standard InChI is InChI=1S/C14H16F3NO/c1-3-18-9(2)13(14(15,16)17)11-4-5-12-10(8-11)6-7-19-12/h4-9,13,18H,3H2,1-2H3. The maximum absolute atomic E-state index is 13.2. The molecule has 0 fully saturated rings. The number of likely N-dealkylation sites (N-methyl/N-ethyl adjacent to an activating group) is 1. The van der Waals surface area contributed by atoms with Gasteiger partial charge in [-0.05, 0) is 37.2 Å². The van der Waals surface area contributed by atoms with Crippen LogP contribution in [0.1, 0.15) is 25.3 Å². The number of halogens is 3. The molecule has 0 amide bonds. The monoisotopic (exact) mass is 271 g/mol. The summed E-state index contributed by atoms with van der Waals surface area (Å²) in [5.41, 5.74) is 0.857. The molecule has 2 unspecified atom stereocenters. The molecule has 1 aromatic heterocycles. The predicted molar refractivity (Wildman–Crippen MR) is 68.1 cm³/mol. The summed E-state index contributed by atoms with van der Waals surface area (Å²) in [4.78, 5) is 0. The molecule has 0 radical (unpaired) electrons. The minimum absolute atomic E-state index is 0.259. The highest BCUT2D eigenvalue weighted by atomic mass is 19.4. The third kappa shape index (κ3) is 2.92. The third-order valence-electron chi connectivity index (χ3n) is 3.21. The molecule has 1 heterocycles. The van der Waals surface area contributed by atoms with Gasteiger partial charge in [0.05, 0.1) is 12.2 Å². The molecular formula is C14H16F3NO. The van der Waals surface area contributed by atoms with Crippen molar-refractivity contribution in [2.24, 2.45) is 0 Å². The van der Waals surface area contributed by atoms with Crippen LogP contribution in [0, 0.1) is 0 Å². The summed E-state index contributed by atoms with van der Waals surface area (Å²) in [5.74, 6) is -1.52. The molecule has 1 aromatic carbocycles. The SMILES string of the molecule is CCNC(C)C(c1ccc2occc2c1)C(F)(F)F. The topological polar surface area (TPSA) is 25.2 Å². The summed E-state index contributed by atoms with van der Waals surface area (Å²) in [5, 5.41) is 3.54. The maximum atomic E-state index is 13.2. The molecule has 0 saturated heterocycles. The molecule has 2 rings (SSSR count). The highest BCUT2D eigenvalue weighted by molar-refractivity contribution is 5.77. The van der Waals surface area contributed by atoms with Crippen molar-refractivity contribution in [1.82, 2.24) is 5.32 Å². The molecule has 2 atom stereocenters. The molecule has 2 aromatic rings. The Balaban J connectivity index is 2.41. The van der Waals surface area contributed by atoms with Crippen molar-refractivity contribution < 1.29 is 17.6 Å². The Morgan fingerprint density at radius 1 is 1.26 bits per heavy atom. The molecule has 2 nitrogen and oxygen atoms in total. The van der Waals surface area contributed by atoms with E-state index in [-0.39, 0.29) is 5.56 Å². The average molecular weight is 271 g/mol. The summed E-state index contributed by atoms with van der Waals surface area (Å²) in [7, 11) is 0. The summed E-state index contributed by atoms with van der Waals surface area (Å²) < 4.78 is 44.9. The number of benzene rings is 1. The van der Waals surface area contributed by atoms with Crippen LogP contribution >= 0.6 is 0 Å². The van der Waals surface area contributed by atoms with Gasteiger partial charge in [0, 0.05) is 11.4 Å². The van der Waals surface area contributed by atoms with E-state index in [0.717, 1.165) is 0 Å². The van der Waals surface area contributed by atoms with Gasteiger partial charge < -0.3 is 9.73 Å². The predicted octanol–water partition coefficient (Wildman–Crippen LogP) is 4.08. The molecule has 0 saturated carbocycles. The smallest absolute Gasteiger partial charge is 0.397 e. The first-order valence-electron chi connectivity index (χ1n) is 6.20. The van der Waals surface area contributed by atoms with Gasteiger partial charge >= 0.3 is 6.18 Å². The van der Waals surface area contributed by atoms with Crippen LogP contribution in [0.4, 0.5) is 13.2 Å². The minimum atomic E-state index is -4.28. The van der Waals surface area contributed by atoms with E-state index in [1.54, 1.807) is 32.0 Å². The van der Waals surface area contributed by atoms with Crippen LogP contribution in [-0.4, -0.2) is 18.8 Å². The molecule has 0 spiro atoms. The van der Waals surface area contributed by atoms with E-state index in [4.69, 9.17) is 4.42 Å². The van der Waals surface area contributed by atoms with E-state index in [1.165, 1.54) is 12.3 Å². The molecule has 0 aliphatic rings. The first-order valence-corrected chi connectivity index (χ1v) is 6.20. The fourth-order valence-corrected chi connectivity index (χ4v) is 2.38. The second-order valence-electron chi connectivity index (χ2n) is 4.58. The average Bonchev–Trinajstić information content (AvgIpc) is 2.74. The molecule has 5 heteroatoms. The summed E-state index contributed by atoms with van der Waals surface area (Å²) in [6.45, 7) is 3.85. The van der Waals surface area contributed by atoms with Gasteiger partial charge in [-0.25, -0.2) is 0 Å². The summed E-state index contributed by atoms with van der Waals surface area (Å²) in [6.07, 6.45) is -2.80. The van der Waals surface area contributed by atoms with Crippen LogP contribution in [0.3, 0.4) is 0 Å². The van der Waals surface area contributed by atoms with Crippen molar-refractivity contribution in [3.05, 3.63) is 36.1 Å². The normalized spacial score (nSPS) is 15.6. The van der Waals surface area contributed by atoms with Gasteiger partial charge in [0.1, 0.15) is 5.58 Å². The quantitative estimate of drug-likeness (QED) is 0.906. The molecule has 0 aliphatic carbocycles. The number of hydrogen-bond acceptors (Lipinski definition) is 2. The number of alkyl halides is 3. The Hall–Kier alpha value is -1.49. The Morgan fingerprint density at radius 2 is 2.00 bits per heavy atom. The molecule has 104 valence electrons. The van der Waals surface area contributed by atoms with E-state index in [0.29, 0.717) is 17.5 Å². The van der Waals surface area contributed by atoms with Crippen LogP contribution in [-0.2, 0) is 0 Å². The highest BCUT2D eigenvalue weighted by Gasteiger charge is 2.43. The van der Waals surface area contributed by atoms with Gasteiger partial charge in [0.2, 0.25) is 0 Å². The third-order valence-corrected chi connectivity index (χ3v) is 3.21. The van der Waals surface area contributed by atoms with Crippen LogP contribution in [0.25, 0.3) is 11.0 Å². The Labute approximate surface area is 109 Å². The van der Waals surface area contributed by atoms with E-state index < -0.39 is 18.1 Å². The lowest BCUT2D eigenvalue weighted by atomic mass is 9.91. The van der Waals surface area contributed by atoms with Crippen molar-refractivity contribution >= 4 is 11.0 Å². The van der Waals surface area contributed by atoms with Crippen molar-refractivity contribution in [1.29, 1.82) is 0 Å². The molecule has 0 aliphatic heterocycles. The number of rotatable bonds is 4. The first kappa shape index (κ1) is 13.9. The Kier molecular flexibility index (Phi) is 3.85. The van der Waals surface area contributed by atoms with Gasteiger partial charge in [0.25, 0.3) is 0 Å². The maximum Gasteiger partial charge on any atom is 0.397 e. The van der Waals surface area contributed by atoms with Gasteiger partial charge in [-0.1, -0.05) is 13.0 Å². The van der Waals surface area contributed by atoms with Crippen LogP contribution in [0.15, 0.2) is 34.9 Å². The van der Waals surface area contributed by atoms with Crippen molar-refractivity contribution in [2.75, 3.05) is 6.54 Å². The summed E-state index contributed by atoms with van der Waals surface area (Å²) >= 11 is 0. The van der Waals surface area contributed by atoms with Crippen molar-refractivity contribution in [3.63, 3.8) is 0 Å². The number of nitrogens with one attached hydrogen (secondary N) is 1. The zero-order chi connectivity index (χ0) is 14.0. The molecular weight excluding hydrogens is 255 g/mol. The zero-order valence-electron chi connectivity index (χ0n) is 10.8. The number of fused-ring (bicyclic) bond motifs is 1. The van der Waals surface area contributed by atoms with Gasteiger partial charge in [-0.3, -0.25) is 0 Å². The Bertz CT molecular complexity index is 547. The largest absolute Gasteiger partial charge is 0.464 e. The fraction of sp³-hybridized carbons (Fsp3) is 0.429. The number of hydrogen-bond donors (Lipinski definition) is 1. The van der Waals surface area contributed by atoms with E-state index in [2.05, 4.69) is 5.32 Å². The van der Waals surface area contributed by atoms with E-state index in [1.807, 2.05) is 0 Å². The van der Waals surface area contributed by atoms with Crippen molar-refractivity contribution in [3.8, 4) is 0 Å². The second kappa shape index (κ2) is 5.25. The van der Waals surface area contributed by atoms with Gasteiger partial charge in [0.15, 0.2) is 0 Å². The molecule has 1 N–H and O–H groups in total. The Morgan fingerprint density at radius 3 is 2.63 bits per heavy atom.